The molecule has 46 valence electrons. The van der Waals surface area contributed by atoms with Crippen LogP contribution in [0.15, 0.2) is 0 Å². The molecule has 0 unspecified atom stereocenters. The maximum absolute atomic E-state index is 5.11. The molecule has 0 aromatic carbocycles. The van der Waals surface area contributed by atoms with Crippen LogP contribution in [0.2, 0.25) is 0 Å². The zero-order valence-electron chi connectivity index (χ0n) is 5.44. The molecule has 1 heteroatoms. The molecule has 0 bridgehead atoms. The Morgan fingerprint density at radius 2 is 2.12 bits per heavy atom. The number of rotatable bonds is 2. The predicted molar refractivity (Wildman–Crippen MR) is 41.1 cm³/mol. The highest BCUT2D eigenvalue weighted by atomic mass is 32.1. The highest BCUT2D eigenvalue weighted by molar-refractivity contribution is 7.80. The van der Waals surface area contributed by atoms with E-state index in [9.17, 15) is 0 Å². The van der Waals surface area contributed by atoms with Crippen molar-refractivity contribution in [1.29, 1.82) is 0 Å². The van der Waals surface area contributed by atoms with Gasteiger partial charge in [0.2, 0.25) is 0 Å². The largest absolute Gasteiger partial charge is 0.179 e. The quantitative estimate of drug-likeness (QED) is 0.426. The fraction of sp³-hybridized carbons (Fsp3) is 0.714. The van der Waals surface area contributed by atoms with Gasteiger partial charge in [-0.05, 0) is 11.2 Å². The molecule has 0 aromatic rings. The van der Waals surface area contributed by atoms with Gasteiger partial charge in [0.25, 0.3) is 0 Å². The summed E-state index contributed by atoms with van der Waals surface area (Å²) >= 11 is 4.14. The second-order valence-electron chi connectivity index (χ2n) is 2.70. The molecule has 0 aliphatic carbocycles. The summed E-state index contributed by atoms with van der Waals surface area (Å²) in [7, 11) is 0. The molecule has 0 aromatic heterocycles. The van der Waals surface area contributed by atoms with E-state index in [0.29, 0.717) is 0 Å². The van der Waals surface area contributed by atoms with Crippen molar-refractivity contribution in [2.45, 2.75) is 20.3 Å². The van der Waals surface area contributed by atoms with Crippen molar-refractivity contribution in [3.8, 4) is 12.3 Å². The van der Waals surface area contributed by atoms with Crippen molar-refractivity contribution in [2.24, 2.45) is 5.41 Å². The molecule has 0 fully saturated rings. The predicted octanol–water partition coefficient (Wildman–Crippen LogP) is 1.97. The van der Waals surface area contributed by atoms with E-state index in [1.807, 2.05) is 0 Å². The van der Waals surface area contributed by atoms with Gasteiger partial charge < -0.3 is 0 Å². The number of hydrogen-bond acceptors (Lipinski definition) is 1. The van der Waals surface area contributed by atoms with Crippen LogP contribution in [0, 0.1) is 17.8 Å². The average molecular weight is 128 g/mol. The molecule has 0 heterocycles. The first-order valence-corrected chi connectivity index (χ1v) is 3.30. The lowest BCUT2D eigenvalue weighted by Crippen LogP contribution is -2.11. The molecule has 0 N–H and O–H groups in total. The van der Waals surface area contributed by atoms with Crippen molar-refractivity contribution in [3.05, 3.63) is 0 Å². The molecule has 0 aliphatic heterocycles. The molecule has 0 radical (unpaired) electrons. The van der Waals surface area contributed by atoms with Gasteiger partial charge in [-0.2, -0.15) is 12.6 Å². The maximum Gasteiger partial charge on any atom is 0.0145 e. The Hall–Kier alpha value is -0.0900. The molecule has 8 heavy (non-hydrogen) atoms. The van der Waals surface area contributed by atoms with Gasteiger partial charge in [-0.1, -0.05) is 13.8 Å². The SMILES string of the molecule is C#CCC(C)(C)CS. The summed E-state index contributed by atoms with van der Waals surface area (Å²) < 4.78 is 0. The molecular weight excluding hydrogens is 116 g/mol. The van der Waals surface area contributed by atoms with Crippen LogP contribution >= 0.6 is 12.6 Å². The lowest BCUT2D eigenvalue weighted by atomic mass is 9.93. The lowest BCUT2D eigenvalue weighted by molar-refractivity contribution is 0.440. The van der Waals surface area contributed by atoms with Crippen LogP contribution in [-0.4, -0.2) is 5.75 Å². The van der Waals surface area contributed by atoms with E-state index in [1.54, 1.807) is 0 Å². The van der Waals surface area contributed by atoms with E-state index in [0.717, 1.165) is 12.2 Å². The third kappa shape index (κ3) is 2.98. The van der Waals surface area contributed by atoms with Crippen molar-refractivity contribution in [1.82, 2.24) is 0 Å². The Morgan fingerprint density at radius 3 is 2.25 bits per heavy atom. The topological polar surface area (TPSA) is 0 Å². The van der Waals surface area contributed by atoms with Gasteiger partial charge in [-0.25, -0.2) is 0 Å². The Kier molecular flexibility index (Phi) is 3.01. The summed E-state index contributed by atoms with van der Waals surface area (Å²) in [4.78, 5) is 0. The number of terminal acetylenes is 1. The van der Waals surface area contributed by atoms with Crippen LogP contribution < -0.4 is 0 Å². The molecule has 0 aliphatic rings. The summed E-state index contributed by atoms with van der Waals surface area (Å²) in [6.07, 6.45) is 5.92. The van der Waals surface area contributed by atoms with E-state index in [4.69, 9.17) is 6.42 Å². The van der Waals surface area contributed by atoms with Gasteiger partial charge in [0.15, 0.2) is 0 Å². The average Bonchev–Trinajstić information content (AvgIpc) is 1.67. The molecule has 0 rings (SSSR count). The Bertz CT molecular complexity index is 97.4. The number of thiol groups is 1. The van der Waals surface area contributed by atoms with Crippen LogP contribution in [0.3, 0.4) is 0 Å². The maximum atomic E-state index is 5.11. The van der Waals surface area contributed by atoms with E-state index >= 15 is 0 Å². The van der Waals surface area contributed by atoms with E-state index in [1.165, 1.54) is 0 Å². The van der Waals surface area contributed by atoms with Crippen LogP contribution in [0.4, 0.5) is 0 Å². The molecule has 0 amide bonds. The molecule has 0 spiro atoms. The van der Waals surface area contributed by atoms with Gasteiger partial charge in [0.1, 0.15) is 0 Å². The summed E-state index contributed by atoms with van der Waals surface area (Å²) in [6, 6.07) is 0. The molecule has 0 saturated carbocycles. The second kappa shape index (κ2) is 3.04. The van der Waals surface area contributed by atoms with Gasteiger partial charge in [0.05, 0.1) is 0 Å². The van der Waals surface area contributed by atoms with E-state index in [2.05, 4.69) is 32.4 Å². The first kappa shape index (κ1) is 7.91. The first-order chi connectivity index (χ1) is 3.62. The normalized spacial score (nSPS) is 10.8. The second-order valence-corrected chi connectivity index (χ2v) is 3.02. The standard InChI is InChI=1S/C7H12S/c1-4-5-7(2,3)6-8/h1,8H,5-6H2,2-3H3. The third-order valence-corrected chi connectivity index (χ3v) is 1.86. The van der Waals surface area contributed by atoms with Gasteiger partial charge in [-0.3, -0.25) is 0 Å². The van der Waals surface area contributed by atoms with E-state index < -0.39 is 0 Å². The minimum absolute atomic E-state index is 0.220. The van der Waals surface area contributed by atoms with Crippen molar-refractivity contribution < 1.29 is 0 Å². The molecule has 0 atom stereocenters. The summed E-state index contributed by atoms with van der Waals surface area (Å²) in [5.41, 5.74) is 0.220. The molecule has 0 saturated heterocycles. The molecular formula is C7H12S. The smallest absolute Gasteiger partial charge is 0.0145 e. The summed E-state index contributed by atoms with van der Waals surface area (Å²) in [5.74, 6) is 3.47. The van der Waals surface area contributed by atoms with Crippen molar-refractivity contribution in [2.75, 3.05) is 5.75 Å². The highest BCUT2D eigenvalue weighted by Gasteiger charge is 2.12. The first-order valence-electron chi connectivity index (χ1n) is 2.67. The minimum Gasteiger partial charge on any atom is -0.179 e. The highest BCUT2D eigenvalue weighted by Crippen LogP contribution is 2.19. The Morgan fingerprint density at radius 1 is 1.62 bits per heavy atom. The zero-order chi connectivity index (χ0) is 6.62. The monoisotopic (exact) mass is 128 g/mol. The fourth-order valence-electron chi connectivity index (χ4n) is 0.332. The van der Waals surface area contributed by atoms with Crippen LogP contribution in [0.25, 0.3) is 0 Å². The van der Waals surface area contributed by atoms with Gasteiger partial charge in [0, 0.05) is 6.42 Å². The van der Waals surface area contributed by atoms with Crippen molar-refractivity contribution in [3.63, 3.8) is 0 Å². The van der Waals surface area contributed by atoms with Gasteiger partial charge in [-0.15, -0.1) is 12.3 Å². The Balaban J connectivity index is 3.58. The lowest BCUT2D eigenvalue weighted by Gasteiger charge is -2.17. The minimum atomic E-state index is 0.220. The van der Waals surface area contributed by atoms with E-state index in [-0.39, 0.29) is 5.41 Å². The number of hydrogen-bond donors (Lipinski definition) is 1. The summed E-state index contributed by atoms with van der Waals surface area (Å²) in [6.45, 7) is 4.22. The molecule has 0 nitrogen and oxygen atoms in total. The fourth-order valence-corrected chi connectivity index (χ4v) is 0.444. The summed E-state index contributed by atoms with van der Waals surface area (Å²) in [5, 5.41) is 0. The van der Waals surface area contributed by atoms with Gasteiger partial charge >= 0.3 is 0 Å². The van der Waals surface area contributed by atoms with Crippen molar-refractivity contribution >= 4 is 12.6 Å². The van der Waals surface area contributed by atoms with Crippen LogP contribution in [0.5, 0.6) is 0 Å². The van der Waals surface area contributed by atoms with Crippen LogP contribution in [0.1, 0.15) is 20.3 Å². The zero-order valence-corrected chi connectivity index (χ0v) is 6.33. The Labute approximate surface area is 57.1 Å². The third-order valence-electron chi connectivity index (χ3n) is 1.01. The van der Waals surface area contributed by atoms with Crippen LogP contribution in [-0.2, 0) is 0 Å².